The molecule has 0 radical (unpaired) electrons. The summed E-state index contributed by atoms with van der Waals surface area (Å²) in [7, 11) is 0. The Morgan fingerprint density at radius 2 is 1.89 bits per heavy atom. The van der Waals surface area contributed by atoms with E-state index < -0.39 is 6.10 Å². The number of aryl methyl sites for hydroxylation is 2. The Morgan fingerprint density at radius 1 is 1.16 bits per heavy atom. The maximum atomic E-state index is 14.0. The van der Waals surface area contributed by atoms with Crippen molar-refractivity contribution in [2.75, 3.05) is 0 Å². The van der Waals surface area contributed by atoms with Crippen LogP contribution in [-0.4, -0.2) is 5.11 Å². The van der Waals surface area contributed by atoms with Crippen LogP contribution in [0.1, 0.15) is 29.7 Å². The molecule has 2 aromatic rings. The van der Waals surface area contributed by atoms with Gasteiger partial charge in [-0.1, -0.05) is 36.0 Å². The molecule has 1 N–H and O–H groups in total. The zero-order valence-electron chi connectivity index (χ0n) is 11.3. The molecule has 1 nitrogen and oxygen atoms in total. The highest BCUT2D eigenvalue weighted by Crippen LogP contribution is 2.37. The van der Waals surface area contributed by atoms with Gasteiger partial charge in [0.2, 0.25) is 0 Å². The minimum absolute atomic E-state index is 0.288. The molecule has 2 aromatic carbocycles. The van der Waals surface area contributed by atoms with Crippen molar-refractivity contribution < 1.29 is 9.50 Å². The fourth-order valence-corrected chi connectivity index (χ4v) is 3.11. The second-order valence-corrected chi connectivity index (χ2v) is 5.76. The Hall–Kier alpha value is -1.32. The normalized spacial score (nSPS) is 12.5. The van der Waals surface area contributed by atoms with Gasteiger partial charge in [-0.25, -0.2) is 4.39 Å². The Bertz CT molecular complexity index is 593. The highest BCUT2D eigenvalue weighted by atomic mass is 32.2. The summed E-state index contributed by atoms with van der Waals surface area (Å²) in [6.07, 6.45) is -0.677. The topological polar surface area (TPSA) is 20.2 Å². The van der Waals surface area contributed by atoms with Gasteiger partial charge in [-0.05, 0) is 49.6 Å². The van der Waals surface area contributed by atoms with Crippen LogP contribution >= 0.6 is 11.8 Å². The molecule has 0 fully saturated rings. The van der Waals surface area contributed by atoms with Crippen molar-refractivity contribution in [3.63, 3.8) is 0 Å². The van der Waals surface area contributed by atoms with Crippen molar-refractivity contribution in [1.82, 2.24) is 0 Å². The predicted molar refractivity (Wildman–Crippen MR) is 77.1 cm³/mol. The van der Waals surface area contributed by atoms with E-state index >= 15 is 0 Å². The summed E-state index contributed by atoms with van der Waals surface area (Å²) >= 11 is 1.37. The lowest BCUT2D eigenvalue weighted by Gasteiger charge is -2.14. The molecule has 0 amide bonds. The van der Waals surface area contributed by atoms with Crippen LogP contribution in [0.4, 0.5) is 4.39 Å². The molecular weight excluding hydrogens is 259 g/mol. The van der Waals surface area contributed by atoms with Crippen LogP contribution in [0, 0.1) is 19.7 Å². The van der Waals surface area contributed by atoms with Crippen molar-refractivity contribution in [1.29, 1.82) is 0 Å². The third-order valence-corrected chi connectivity index (χ3v) is 4.30. The van der Waals surface area contributed by atoms with Gasteiger partial charge in [0, 0.05) is 4.90 Å². The third kappa shape index (κ3) is 3.17. The average Bonchev–Trinajstić information content (AvgIpc) is 2.35. The second-order valence-electron chi connectivity index (χ2n) is 4.71. The largest absolute Gasteiger partial charge is 0.389 e. The molecule has 1 atom stereocenters. The first-order valence-electron chi connectivity index (χ1n) is 6.20. The molecule has 1 unspecified atom stereocenters. The van der Waals surface area contributed by atoms with E-state index in [1.165, 1.54) is 17.8 Å². The number of rotatable bonds is 3. The lowest BCUT2D eigenvalue weighted by atomic mass is 10.1. The molecule has 0 aliphatic carbocycles. The SMILES string of the molecule is Cc1ccc(C)c(Sc2c(F)cccc2C(C)O)c1. The molecule has 2 rings (SSSR count). The summed E-state index contributed by atoms with van der Waals surface area (Å²) in [5.41, 5.74) is 2.88. The number of benzene rings is 2. The van der Waals surface area contributed by atoms with Crippen molar-refractivity contribution in [2.45, 2.75) is 36.7 Å². The molecule has 0 bridgehead atoms. The molecule has 0 spiro atoms. The van der Waals surface area contributed by atoms with E-state index in [2.05, 4.69) is 0 Å². The minimum atomic E-state index is -0.677. The van der Waals surface area contributed by atoms with E-state index in [0.29, 0.717) is 10.5 Å². The van der Waals surface area contributed by atoms with E-state index in [9.17, 15) is 9.50 Å². The minimum Gasteiger partial charge on any atom is -0.389 e. The maximum absolute atomic E-state index is 14.0. The van der Waals surface area contributed by atoms with Crippen LogP contribution in [0.5, 0.6) is 0 Å². The van der Waals surface area contributed by atoms with Crippen molar-refractivity contribution in [2.24, 2.45) is 0 Å². The molecule has 0 aliphatic rings. The Balaban J connectivity index is 2.46. The quantitative estimate of drug-likeness (QED) is 0.880. The lowest BCUT2D eigenvalue weighted by Crippen LogP contribution is -1.97. The lowest BCUT2D eigenvalue weighted by molar-refractivity contribution is 0.195. The van der Waals surface area contributed by atoms with Crippen molar-refractivity contribution in [3.05, 3.63) is 58.9 Å². The van der Waals surface area contributed by atoms with Crippen LogP contribution in [0.25, 0.3) is 0 Å². The smallest absolute Gasteiger partial charge is 0.137 e. The highest BCUT2D eigenvalue weighted by molar-refractivity contribution is 7.99. The third-order valence-electron chi connectivity index (χ3n) is 3.00. The molecular formula is C16H17FOS. The predicted octanol–water partition coefficient (Wildman–Crippen LogP) is 4.65. The van der Waals surface area contributed by atoms with Gasteiger partial charge in [-0.3, -0.25) is 0 Å². The zero-order chi connectivity index (χ0) is 14.0. The molecule has 3 heteroatoms. The van der Waals surface area contributed by atoms with Crippen LogP contribution in [0.2, 0.25) is 0 Å². The summed E-state index contributed by atoms with van der Waals surface area (Å²) in [6.45, 7) is 5.67. The fraction of sp³-hybridized carbons (Fsp3) is 0.250. The molecule has 0 saturated heterocycles. The first kappa shape index (κ1) is 14.1. The van der Waals surface area contributed by atoms with E-state index in [4.69, 9.17) is 0 Å². The maximum Gasteiger partial charge on any atom is 0.137 e. The highest BCUT2D eigenvalue weighted by Gasteiger charge is 2.14. The summed E-state index contributed by atoms with van der Waals surface area (Å²) in [5.74, 6) is -0.288. The van der Waals surface area contributed by atoms with Crippen molar-refractivity contribution in [3.8, 4) is 0 Å². The van der Waals surface area contributed by atoms with Gasteiger partial charge < -0.3 is 5.11 Å². The van der Waals surface area contributed by atoms with Gasteiger partial charge in [0.1, 0.15) is 5.82 Å². The van der Waals surface area contributed by atoms with Gasteiger partial charge >= 0.3 is 0 Å². The Labute approximate surface area is 117 Å². The summed E-state index contributed by atoms with van der Waals surface area (Å²) in [6, 6.07) is 10.9. The summed E-state index contributed by atoms with van der Waals surface area (Å²) in [5, 5.41) is 9.75. The van der Waals surface area contributed by atoms with Crippen LogP contribution in [0.3, 0.4) is 0 Å². The van der Waals surface area contributed by atoms with E-state index in [-0.39, 0.29) is 5.82 Å². The molecule has 19 heavy (non-hydrogen) atoms. The average molecular weight is 276 g/mol. The van der Waals surface area contributed by atoms with Gasteiger partial charge in [0.15, 0.2) is 0 Å². The molecule has 100 valence electrons. The monoisotopic (exact) mass is 276 g/mol. The number of aliphatic hydroxyl groups is 1. The first-order chi connectivity index (χ1) is 8.99. The van der Waals surface area contributed by atoms with E-state index in [1.807, 2.05) is 32.0 Å². The molecule has 0 aliphatic heterocycles. The summed E-state index contributed by atoms with van der Waals surface area (Å²) in [4.78, 5) is 1.53. The van der Waals surface area contributed by atoms with Gasteiger partial charge in [0.25, 0.3) is 0 Å². The first-order valence-corrected chi connectivity index (χ1v) is 7.02. The van der Waals surface area contributed by atoms with Crippen molar-refractivity contribution >= 4 is 11.8 Å². The Kier molecular flexibility index (Phi) is 4.27. The molecule has 0 aromatic heterocycles. The van der Waals surface area contributed by atoms with Crippen LogP contribution < -0.4 is 0 Å². The van der Waals surface area contributed by atoms with Crippen LogP contribution in [0.15, 0.2) is 46.2 Å². The molecule has 0 heterocycles. The molecule has 0 saturated carbocycles. The van der Waals surface area contributed by atoms with Gasteiger partial charge in [-0.15, -0.1) is 0 Å². The Morgan fingerprint density at radius 3 is 2.58 bits per heavy atom. The number of aliphatic hydroxyl groups excluding tert-OH is 1. The fourth-order valence-electron chi connectivity index (χ4n) is 1.89. The number of hydrogen-bond donors (Lipinski definition) is 1. The summed E-state index contributed by atoms with van der Waals surface area (Å²) < 4.78 is 14.0. The second kappa shape index (κ2) is 5.76. The van der Waals surface area contributed by atoms with Crippen LogP contribution in [-0.2, 0) is 0 Å². The van der Waals surface area contributed by atoms with E-state index in [1.54, 1.807) is 19.1 Å². The number of hydrogen-bond acceptors (Lipinski definition) is 2. The van der Waals surface area contributed by atoms with E-state index in [0.717, 1.165) is 16.0 Å². The van der Waals surface area contributed by atoms with Gasteiger partial charge in [-0.2, -0.15) is 0 Å². The number of halogens is 1. The van der Waals surface area contributed by atoms with Gasteiger partial charge in [0.05, 0.1) is 11.0 Å². The standard InChI is InChI=1S/C16H17FOS/c1-10-7-8-11(2)15(9-10)19-16-13(12(3)18)5-4-6-14(16)17/h4-9,12,18H,1-3H3. The zero-order valence-corrected chi connectivity index (χ0v) is 12.1.